The van der Waals surface area contributed by atoms with E-state index in [0.717, 1.165) is 19.4 Å². The molecular formula is C12H22N2O2S. The highest BCUT2D eigenvalue weighted by atomic mass is 32.2. The maximum absolute atomic E-state index is 11.7. The lowest BCUT2D eigenvalue weighted by Gasteiger charge is -2.34. The fourth-order valence-corrected chi connectivity index (χ4v) is 2.58. The molecule has 5 heteroatoms. The van der Waals surface area contributed by atoms with E-state index in [9.17, 15) is 9.59 Å². The number of hydrogen-bond acceptors (Lipinski definition) is 3. The minimum Gasteiger partial charge on any atom is -0.345 e. The molecule has 98 valence electrons. The first kappa shape index (κ1) is 14.4. The highest BCUT2D eigenvalue weighted by Gasteiger charge is 2.32. The topological polar surface area (TPSA) is 49.4 Å². The third kappa shape index (κ3) is 4.22. The molecule has 17 heavy (non-hydrogen) atoms. The molecule has 0 saturated carbocycles. The molecule has 1 aliphatic rings. The summed E-state index contributed by atoms with van der Waals surface area (Å²) in [6, 6.07) is -0.253. The van der Waals surface area contributed by atoms with Crippen LogP contribution in [0.25, 0.3) is 0 Å². The number of rotatable bonds is 7. The van der Waals surface area contributed by atoms with Crippen LogP contribution >= 0.6 is 11.8 Å². The zero-order valence-electron chi connectivity index (χ0n) is 10.7. The highest BCUT2D eigenvalue weighted by Crippen LogP contribution is 2.12. The Hall–Kier alpha value is -0.710. The summed E-state index contributed by atoms with van der Waals surface area (Å²) in [5.74, 6) is 1.23. The molecule has 0 bridgehead atoms. The van der Waals surface area contributed by atoms with Crippen molar-refractivity contribution in [2.75, 3.05) is 25.1 Å². The lowest BCUT2D eigenvalue weighted by atomic mass is 10.1. The Balaban J connectivity index is 2.37. The summed E-state index contributed by atoms with van der Waals surface area (Å²) in [4.78, 5) is 25.1. The number of thioether (sulfide) groups is 1. The highest BCUT2D eigenvalue weighted by molar-refractivity contribution is 7.98. The summed E-state index contributed by atoms with van der Waals surface area (Å²) >= 11 is 1.85. The second-order valence-corrected chi connectivity index (χ2v) is 5.27. The summed E-state index contributed by atoms with van der Waals surface area (Å²) in [6.45, 7) is 2.84. The van der Waals surface area contributed by atoms with Gasteiger partial charge in [0.15, 0.2) is 0 Å². The number of nitrogens with one attached hydrogen (secondary N) is 1. The molecular weight excluding hydrogens is 236 g/mol. The fraction of sp³-hybridized carbons (Fsp3) is 0.833. The number of hydrogen-bond donors (Lipinski definition) is 1. The average molecular weight is 258 g/mol. The second-order valence-electron chi connectivity index (χ2n) is 4.28. The van der Waals surface area contributed by atoms with E-state index in [1.807, 2.05) is 18.7 Å². The predicted molar refractivity (Wildman–Crippen MR) is 71.0 cm³/mol. The standard InChI is InChI=1S/C12H22N2O2S/c1-3-10-12(16)13-9-11(15)14(10)7-5-4-6-8-17-2/h10H,3-9H2,1-2H3,(H,13,16). The van der Waals surface area contributed by atoms with E-state index in [1.54, 1.807) is 4.90 Å². The Bertz CT molecular complexity index is 271. The number of carbonyl (C=O) groups excluding carboxylic acids is 2. The smallest absolute Gasteiger partial charge is 0.243 e. The molecule has 4 nitrogen and oxygen atoms in total. The van der Waals surface area contributed by atoms with Crippen molar-refractivity contribution in [1.82, 2.24) is 10.2 Å². The van der Waals surface area contributed by atoms with Gasteiger partial charge in [-0.15, -0.1) is 0 Å². The molecule has 0 radical (unpaired) electrons. The summed E-state index contributed by atoms with van der Waals surface area (Å²) in [5, 5.41) is 2.64. The minimum atomic E-state index is -0.253. The van der Waals surface area contributed by atoms with Crippen molar-refractivity contribution < 1.29 is 9.59 Å². The van der Waals surface area contributed by atoms with E-state index < -0.39 is 0 Å². The van der Waals surface area contributed by atoms with E-state index in [1.165, 1.54) is 12.2 Å². The van der Waals surface area contributed by atoms with Gasteiger partial charge in [0.05, 0.1) is 6.54 Å². The van der Waals surface area contributed by atoms with Crippen molar-refractivity contribution in [3.05, 3.63) is 0 Å². The second kappa shape index (κ2) is 7.58. The summed E-state index contributed by atoms with van der Waals surface area (Å²) in [6.07, 6.45) is 6.11. The molecule has 1 unspecified atom stereocenters. The molecule has 1 saturated heterocycles. The van der Waals surface area contributed by atoms with Crippen LogP contribution < -0.4 is 5.32 Å². The number of amides is 2. The number of carbonyl (C=O) groups is 2. The van der Waals surface area contributed by atoms with Gasteiger partial charge in [0.2, 0.25) is 11.8 Å². The summed E-state index contributed by atoms with van der Waals surface area (Å²) < 4.78 is 0. The van der Waals surface area contributed by atoms with Crippen molar-refractivity contribution in [1.29, 1.82) is 0 Å². The zero-order chi connectivity index (χ0) is 12.7. The summed E-state index contributed by atoms with van der Waals surface area (Å²) in [7, 11) is 0. The maximum Gasteiger partial charge on any atom is 0.243 e. The van der Waals surface area contributed by atoms with E-state index in [4.69, 9.17) is 0 Å². The predicted octanol–water partition coefficient (Wildman–Crippen LogP) is 1.26. The SMILES string of the molecule is CCC1C(=O)NCC(=O)N1CCCCCSC. The van der Waals surface area contributed by atoms with Crippen LogP contribution in [0.4, 0.5) is 0 Å². The Morgan fingerprint density at radius 3 is 2.76 bits per heavy atom. The van der Waals surface area contributed by atoms with Crippen molar-refractivity contribution in [3.8, 4) is 0 Å². The zero-order valence-corrected chi connectivity index (χ0v) is 11.5. The molecule has 1 heterocycles. The molecule has 0 aromatic rings. The third-order valence-corrected chi connectivity index (χ3v) is 3.74. The van der Waals surface area contributed by atoms with Crippen LogP contribution in [0.15, 0.2) is 0 Å². The van der Waals surface area contributed by atoms with Gasteiger partial charge in [-0.1, -0.05) is 13.3 Å². The van der Waals surface area contributed by atoms with Gasteiger partial charge >= 0.3 is 0 Å². The van der Waals surface area contributed by atoms with Gasteiger partial charge in [-0.05, 0) is 31.3 Å². The normalized spacial score (nSPS) is 20.6. The van der Waals surface area contributed by atoms with Gasteiger partial charge in [-0.3, -0.25) is 9.59 Å². The molecule has 1 aliphatic heterocycles. The monoisotopic (exact) mass is 258 g/mol. The van der Waals surface area contributed by atoms with Gasteiger partial charge in [0, 0.05) is 6.54 Å². The van der Waals surface area contributed by atoms with Gasteiger partial charge in [0.25, 0.3) is 0 Å². The van der Waals surface area contributed by atoms with Crippen molar-refractivity contribution in [3.63, 3.8) is 0 Å². The number of unbranched alkanes of at least 4 members (excludes halogenated alkanes) is 2. The van der Waals surface area contributed by atoms with Crippen molar-refractivity contribution >= 4 is 23.6 Å². The Morgan fingerprint density at radius 2 is 2.12 bits per heavy atom. The molecule has 2 amide bonds. The molecule has 0 aliphatic carbocycles. The van der Waals surface area contributed by atoms with Crippen LogP contribution in [-0.2, 0) is 9.59 Å². The van der Waals surface area contributed by atoms with Crippen LogP contribution in [0.5, 0.6) is 0 Å². The van der Waals surface area contributed by atoms with Gasteiger partial charge in [-0.25, -0.2) is 0 Å². The fourth-order valence-electron chi connectivity index (χ4n) is 2.09. The van der Waals surface area contributed by atoms with Gasteiger partial charge in [0.1, 0.15) is 6.04 Å². The molecule has 1 atom stereocenters. The molecule has 1 fully saturated rings. The van der Waals surface area contributed by atoms with Crippen LogP contribution in [-0.4, -0.2) is 47.9 Å². The molecule has 1 rings (SSSR count). The number of nitrogens with zero attached hydrogens (tertiary/aromatic N) is 1. The Morgan fingerprint density at radius 1 is 1.35 bits per heavy atom. The van der Waals surface area contributed by atoms with E-state index >= 15 is 0 Å². The van der Waals surface area contributed by atoms with Crippen molar-refractivity contribution in [2.24, 2.45) is 0 Å². The van der Waals surface area contributed by atoms with Crippen LogP contribution in [0.1, 0.15) is 32.6 Å². The quantitative estimate of drug-likeness (QED) is 0.699. The first-order chi connectivity index (χ1) is 8.20. The van der Waals surface area contributed by atoms with Crippen LogP contribution in [0.2, 0.25) is 0 Å². The van der Waals surface area contributed by atoms with Crippen molar-refractivity contribution in [2.45, 2.75) is 38.6 Å². The van der Waals surface area contributed by atoms with E-state index in [2.05, 4.69) is 11.6 Å². The van der Waals surface area contributed by atoms with E-state index in [0.29, 0.717) is 6.42 Å². The maximum atomic E-state index is 11.7. The lowest BCUT2D eigenvalue weighted by molar-refractivity contribution is -0.145. The number of piperazine rings is 1. The molecule has 1 N–H and O–H groups in total. The average Bonchev–Trinajstić information content (AvgIpc) is 2.33. The molecule has 0 spiro atoms. The third-order valence-electron chi connectivity index (χ3n) is 3.05. The Labute approximate surface area is 108 Å². The Kier molecular flexibility index (Phi) is 6.40. The van der Waals surface area contributed by atoms with Gasteiger partial charge in [-0.2, -0.15) is 11.8 Å². The van der Waals surface area contributed by atoms with Crippen LogP contribution in [0, 0.1) is 0 Å². The van der Waals surface area contributed by atoms with E-state index in [-0.39, 0.29) is 24.4 Å². The molecule has 0 aromatic carbocycles. The molecule has 0 aromatic heterocycles. The first-order valence-corrected chi connectivity index (χ1v) is 7.66. The minimum absolute atomic E-state index is 0.00351. The van der Waals surface area contributed by atoms with Crippen LogP contribution in [0.3, 0.4) is 0 Å². The summed E-state index contributed by atoms with van der Waals surface area (Å²) in [5.41, 5.74) is 0. The largest absolute Gasteiger partial charge is 0.345 e. The van der Waals surface area contributed by atoms with Gasteiger partial charge < -0.3 is 10.2 Å². The lowest BCUT2D eigenvalue weighted by Crippen LogP contribution is -2.58. The first-order valence-electron chi connectivity index (χ1n) is 6.26.